The smallest absolute Gasteiger partial charge is 0.360 e. The molecule has 0 bridgehead atoms. The van der Waals surface area contributed by atoms with Gasteiger partial charge < -0.3 is 15.0 Å². The molecule has 0 amide bonds. The van der Waals surface area contributed by atoms with E-state index >= 15 is 0 Å². The van der Waals surface area contributed by atoms with Gasteiger partial charge in [-0.15, -0.1) is 0 Å². The molecule has 7 nitrogen and oxygen atoms in total. The van der Waals surface area contributed by atoms with E-state index in [1.807, 2.05) is 6.92 Å². The molecular formula is C13H21N3O4S. The van der Waals surface area contributed by atoms with Gasteiger partial charge in [0.1, 0.15) is 11.6 Å². The van der Waals surface area contributed by atoms with Crippen LogP contribution in [0, 0.1) is 0 Å². The van der Waals surface area contributed by atoms with Crippen molar-refractivity contribution in [1.82, 2.24) is 9.55 Å². The average Bonchev–Trinajstić information content (AvgIpc) is 2.92. The van der Waals surface area contributed by atoms with Crippen molar-refractivity contribution in [2.75, 3.05) is 18.1 Å². The van der Waals surface area contributed by atoms with Gasteiger partial charge in [-0.2, -0.15) is 0 Å². The quantitative estimate of drug-likeness (QED) is 0.805. The second kappa shape index (κ2) is 6.05. The van der Waals surface area contributed by atoms with E-state index in [0.717, 1.165) is 0 Å². The summed E-state index contributed by atoms with van der Waals surface area (Å²) in [7, 11) is -3.07. The second-order valence-electron chi connectivity index (χ2n) is 5.08. The molecule has 1 aliphatic heterocycles. The van der Waals surface area contributed by atoms with Crippen molar-refractivity contribution in [3.05, 3.63) is 11.5 Å². The monoisotopic (exact) mass is 315 g/mol. The topological polar surface area (TPSA) is 104 Å². The summed E-state index contributed by atoms with van der Waals surface area (Å²) >= 11 is 0. The number of aryl methyl sites for hydroxylation is 1. The molecule has 2 N–H and O–H groups in total. The fourth-order valence-electron chi connectivity index (χ4n) is 2.60. The Morgan fingerprint density at radius 2 is 2.19 bits per heavy atom. The Kier molecular flexibility index (Phi) is 4.55. The minimum atomic E-state index is -3.07. The van der Waals surface area contributed by atoms with Crippen LogP contribution < -0.4 is 5.73 Å². The summed E-state index contributed by atoms with van der Waals surface area (Å²) in [5, 5.41) is -0.450. The zero-order valence-electron chi connectivity index (χ0n) is 12.3. The third kappa shape index (κ3) is 3.04. The number of nitrogens with two attached hydrogens (primary N) is 1. The van der Waals surface area contributed by atoms with Crippen LogP contribution in [0.15, 0.2) is 0 Å². The molecule has 2 rings (SSSR count). The standard InChI is InChI=1S/C13H21N3O4S/c1-3-10-15-11(13(17)20-4-2)12(14)16(10)8-9-6-5-7-21(9,18)19/h9H,3-8,14H2,1-2H3. The van der Waals surface area contributed by atoms with E-state index in [-0.39, 0.29) is 30.4 Å². The lowest BCUT2D eigenvalue weighted by molar-refractivity contribution is 0.0521. The molecule has 1 fully saturated rings. The Hall–Kier alpha value is -1.57. The number of imidazole rings is 1. The minimum absolute atomic E-state index is 0.0732. The number of nitrogen functional groups attached to an aromatic ring is 1. The predicted molar refractivity (Wildman–Crippen MR) is 78.8 cm³/mol. The molecule has 1 saturated heterocycles. The van der Waals surface area contributed by atoms with Crippen molar-refractivity contribution in [2.45, 2.75) is 44.9 Å². The third-order valence-electron chi connectivity index (χ3n) is 3.72. The maximum absolute atomic E-state index is 12.0. The normalized spacial score (nSPS) is 20.6. The highest BCUT2D eigenvalue weighted by molar-refractivity contribution is 7.92. The number of carbonyl (C=O) groups excluding carboxylic acids is 1. The van der Waals surface area contributed by atoms with Gasteiger partial charge in [0.05, 0.1) is 17.6 Å². The molecule has 1 atom stereocenters. The number of nitrogens with zero attached hydrogens (tertiary/aromatic N) is 2. The summed E-state index contributed by atoms with van der Waals surface area (Å²) < 4.78 is 30.5. The number of aromatic nitrogens is 2. The van der Waals surface area contributed by atoms with Crippen LogP contribution in [0.5, 0.6) is 0 Å². The molecule has 0 spiro atoms. The SMILES string of the molecule is CCOC(=O)c1nc(CC)n(CC2CCCS2(=O)=O)c1N. The molecular weight excluding hydrogens is 294 g/mol. The predicted octanol–water partition coefficient (Wildman–Crippen LogP) is 0.782. The molecule has 0 aliphatic carbocycles. The molecule has 1 aliphatic rings. The molecule has 0 aromatic carbocycles. The Bertz CT molecular complexity index is 636. The number of hydrogen-bond acceptors (Lipinski definition) is 6. The first-order valence-corrected chi connectivity index (χ1v) is 8.85. The minimum Gasteiger partial charge on any atom is -0.461 e. The van der Waals surface area contributed by atoms with Crippen molar-refractivity contribution in [2.24, 2.45) is 0 Å². The average molecular weight is 315 g/mol. The lowest BCUT2D eigenvalue weighted by atomic mass is 10.2. The summed E-state index contributed by atoms with van der Waals surface area (Å²) in [5.41, 5.74) is 6.06. The first-order chi connectivity index (χ1) is 9.90. The van der Waals surface area contributed by atoms with E-state index < -0.39 is 21.1 Å². The second-order valence-corrected chi connectivity index (χ2v) is 7.48. The molecule has 21 heavy (non-hydrogen) atoms. The molecule has 1 unspecified atom stereocenters. The number of anilines is 1. The lowest BCUT2D eigenvalue weighted by Crippen LogP contribution is -2.24. The Labute approximate surface area is 124 Å². The zero-order chi connectivity index (χ0) is 15.6. The van der Waals surface area contributed by atoms with Gasteiger partial charge in [-0.3, -0.25) is 0 Å². The van der Waals surface area contributed by atoms with Crippen LogP contribution in [0.1, 0.15) is 43.0 Å². The van der Waals surface area contributed by atoms with Gasteiger partial charge >= 0.3 is 5.97 Å². The molecule has 0 radical (unpaired) electrons. The van der Waals surface area contributed by atoms with Gasteiger partial charge in [0.2, 0.25) is 0 Å². The maximum Gasteiger partial charge on any atom is 0.360 e. The molecule has 2 heterocycles. The van der Waals surface area contributed by atoms with Crippen molar-refractivity contribution < 1.29 is 17.9 Å². The summed E-state index contributed by atoms with van der Waals surface area (Å²) in [6, 6.07) is 0. The number of sulfone groups is 1. The zero-order valence-corrected chi connectivity index (χ0v) is 13.1. The van der Waals surface area contributed by atoms with Crippen LogP contribution in [0.4, 0.5) is 5.82 Å². The third-order valence-corrected chi connectivity index (χ3v) is 5.98. The maximum atomic E-state index is 12.0. The highest BCUT2D eigenvalue weighted by Crippen LogP contribution is 2.25. The summed E-state index contributed by atoms with van der Waals surface area (Å²) in [4.78, 5) is 16.0. The fraction of sp³-hybridized carbons (Fsp3) is 0.692. The highest BCUT2D eigenvalue weighted by Gasteiger charge is 2.33. The molecule has 1 aromatic rings. The van der Waals surface area contributed by atoms with Crippen molar-refractivity contribution >= 4 is 21.6 Å². The number of esters is 1. The van der Waals surface area contributed by atoms with Crippen LogP contribution in [-0.2, 0) is 27.5 Å². The van der Waals surface area contributed by atoms with Crippen LogP contribution in [0.2, 0.25) is 0 Å². The van der Waals surface area contributed by atoms with E-state index in [1.165, 1.54) is 0 Å². The Morgan fingerprint density at radius 1 is 1.48 bits per heavy atom. The van der Waals surface area contributed by atoms with Gasteiger partial charge in [0.15, 0.2) is 15.5 Å². The van der Waals surface area contributed by atoms with E-state index in [4.69, 9.17) is 10.5 Å². The highest BCUT2D eigenvalue weighted by atomic mass is 32.2. The summed E-state index contributed by atoms with van der Waals surface area (Å²) in [6.45, 7) is 4.08. The Balaban J connectivity index is 2.33. The number of hydrogen-bond donors (Lipinski definition) is 1. The first-order valence-electron chi connectivity index (χ1n) is 7.14. The molecule has 118 valence electrons. The van der Waals surface area contributed by atoms with E-state index in [2.05, 4.69) is 4.98 Å². The van der Waals surface area contributed by atoms with Crippen molar-refractivity contribution in [1.29, 1.82) is 0 Å². The van der Waals surface area contributed by atoms with E-state index in [1.54, 1.807) is 11.5 Å². The van der Waals surface area contributed by atoms with Crippen molar-refractivity contribution in [3.63, 3.8) is 0 Å². The van der Waals surface area contributed by atoms with Gasteiger partial charge in [0, 0.05) is 13.0 Å². The number of ether oxygens (including phenoxy) is 1. The van der Waals surface area contributed by atoms with E-state index in [9.17, 15) is 13.2 Å². The van der Waals surface area contributed by atoms with Gasteiger partial charge in [0.25, 0.3) is 0 Å². The van der Waals surface area contributed by atoms with Crippen LogP contribution in [-0.4, -0.2) is 41.5 Å². The van der Waals surface area contributed by atoms with Crippen LogP contribution >= 0.6 is 0 Å². The fourth-order valence-corrected chi connectivity index (χ4v) is 4.41. The molecule has 1 aromatic heterocycles. The summed E-state index contributed by atoms with van der Waals surface area (Å²) in [5.74, 6) is 0.445. The Morgan fingerprint density at radius 3 is 2.71 bits per heavy atom. The number of carbonyl (C=O) groups is 1. The van der Waals surface area contributed by atoms with Crippen molar-refractivity contribution in [3.8, 4) is 0 Å². The largest absolute Gasteiger partial charge is 0.461 e. The lowest BCUT2D eigenvalue weighted by Gasteiger charge is -2.14. The van der Waals surface area contributed by atoms with Gasteiger partial charge in [-0.25, -0.2) is 18.2 Å². The van der Waals surface area contributed by atoms with Gasteiger partial charge in [-0.1, -0.05) is 6.92 Å². The summed E-state index contributed by atoms with van der Waals surface area (Å²) in [6.07, 6.45) is 1.86. The van der Waals surface area contributed by atoms with Crippen LogP contribution in [0.3, 0.4) is 0 Å². The van der Waals surface area contributed by atoms with Gasteiger partial charge in [-0.05, 0) is 19.8 Å². The number of rotatable bonds is 5. The molecule has 0 saturated carbocycles. The van der Waals surface area contributed by atoms with E-state index in [0.29, 0.717) is 25.1 Å². The first kappa shape index (κ1) is 15.8. The molecule has 8 heteroatoms. The van der Waals surface area contributed by atoms with Crippen LogP contribution in [0.25, 0.3) is 0 Å².